The zero-order chi connectivity index (χ0) is 13.1. The van der Waals surface area contributed by atoms with Crippen LogP contribution in [0, 0.1) is 0 Å². The maximum absolute atomic E-state index is 11.8. The highest BCUT2D eigenvalue weighted by Crippen LogP contribution is 2.02. The van der Waals surface area contributed by atoms with E-state index >= 15 is 0 Å². The fourth-order valence-electron chi connectivity index (χ4n) is 1.49. The van der Waals surface area contributed by atoms with E-state index in [2.05, 4.69) is 25.8 Å². The molecule has 8 nitrogen and oxygen atoms in total. The van der Waals surface area contributed by atoms with Crippen molar-refractivity contribution in [2.75, 3.05) is 5.32 Å². The molecule has 2 aromatic heterocycles. The Balaban J connectivity index is 2.17. The van der Waals surface area contributed by atoms with Gasteiger partial charge in [0.2, 0.25) is 0 Å². The van der Waals surface area contributed by atoms with E-state index < -0.39 is 0 Å². The van der Waals surface area contributed by atoms with Crippen molar-refractivity contribution in [2.24, 2.45) is 7.05 Å². The smallest absolute Gasteiger partial charge is 0.269 e. The molecular weight excluding hydrogens is 234 g/mol. The third kappa shape index (κ3) is 2.90. The van der Waals surface area contributed by atoms with Gasteiger partial charge in [-0.25, -0.2) is 4.68 Å². The number of anilines is 1. The maximum atomic E-state index is 11.8. The predicted octanol–water partition coefficient (Wildman–Crippen LogP) is -0.365. The molecule has 1 N–H and O–H groups in total. The second-order valence-corrected chi connectivity index (χ2v) is 4.23. The van der Waals surface area contributed by atoms with E-state index in [9.17, 15) is 4.79 Å². The third-order valence-electron chi connectivity index (χ3n) is 2.17. The molecule has 18 heavy (non-hydrogen) atoms. The fraction of sp³-hybridized carbons (Fsp3) is 0.500. The first-order chi connectivity index (χ1) is 8.54. The van der Waals surface area contributed by atoms with Gasteiger partial charge in [0, 0.05) is 12.1 Å². The second-order valence-electron chi connectivity index (χ2n) is 4.23. The van der Waals surface area contributed by atoms with Gasteiger partial charge in [0.05, 0.1) is 18.9 Å². The summed E-state index contributed by atoms with van der Waals surface area (Å²) < 4.78 is 1.29. The van der Waals surface area contributed by atoms with Crippen LogP contribution in [0.25, 0.3) is 0 Å². The number of tetrazole rings is 1. The summed E-state index contributed by atoms with van der Waals surface area (Å²) in [5, 5.41) is 18.7. The SMILES string of the molecule is CC(C)Nc1cnn(Cc2nnn(C)n2)c(=O)c1. The molecule has 0 atom stereocenters. The number of hydrogen-bond acceptors (Lipinski definition) is 6. The Morgan fingerprint density at radius 3 is 2.78 bits per heavy atom. The Kier molecular flexibility index (Phi) is 3.35. The van der Waals surface area contributed by atoms with Crippen LogP contribution in [0.2, 0.25) is 0 Å². The molecular formula is C10H15N7O. The van der Waals surface area contributed by atoms with Crippen LogP contribution in [-0.2, 0) is 13.6 Å². The first-order valence-electron chi connectivity index (χ1n) is 5.61. The molecule has 8 heteroatoms. The predicted molar refractivity (Wildman–Crippen MR) is 65.2 cm³/mol. The Morgan fingerprint density at radius 1 is 1.44 bits per heavy atom. The van der Waals surface area contributed by atoms with Gasteiger partial charge in [-0.2, -0.15) is 9.90 Å². The van der Waals surface area contributed by atoms with Gasteiger partial charge in [0.25, 0.3) is 5.56 Å². The first kappa shape index (κ1) is 12.2. The minimum Gasteiger partial charge on any atom is -0.381 e. The summed E-state index contributed by atoms with van der Waals surface area (Å²) >= 11 is 0. The van der Waals surface area contributed by atoms with Crippen molar-refractivity contribution in [1.29, 1.82) is 0 Å². The monoisotopic (exact) mass is 249 g/mol. The number of rotatable bonds is 4. The number of hydrogen-bond donors (Lipinski definition) is 1. The lowest BCUT2D eigenvalue weighted by molar-refractivity contribution is 0.601. The summed E-state index contributed by atoms with van der Waals surface area (Å²) in [4.78, 5) is 13.2. The lowest BCUT2D eigenvalue weighted by Gasteiger charge is -2.09. The summed E-state index contributed by atoms with van der Waals surface area (Å²) in [6, 6.07) is 1.76. The van der Waals surface area contributed by atoms with E-state index in [-0.39, 0.29) is 18.1 Å². The normalized spacial score (nSPS) is 10.9. The largest absolute Gasteiger partial charge is 0.381 e. The zero-order valence-corrected chi connectivity index (χ0v) is 10.5. The second kappa shape index (κ2) is 4.94. The van der Waals surface area contributed by atoms with Gasteiger partial charge < -0.3 is 5.32 Å². The Hall–Kier alpha value is -2.25. The molecule has 0 aromatic carbocycles. The van der Waals surface area contributed by atoms with Gasteiger partial charge in [-0.3, -0.25) is 4.79 Å². The number of nitrogens with zero attached hydrogens (tertiary/aromatic N) is 6. The van der Waals surface area contributed by atoms with Crippen molar-refractivity contribution in [3.05, 3.63) is 28.4 Å². The van der Waals surface area contributed by atoms with Crippen LogP contribution in [0.5, 0.6) is 0 Å². The highest BCUT2D eigenvalue weighted by atomic mass is 16.1. The van der Waals surface area contributed by atoms with Crippen molar-refractivity contribution in [2.45, 2.75) is 26.4 Å². The fourth-order valence-corrected chi connectivity index (χ4v) is 1.49. The van der Waals surface area contributed by atoms with Crippen LogP contribution >= 0.6 is 0 Å². The molecule has 0 fully saturated rings. The minimum absolute atomic E-state index is 0.201. The molecule has 0 radical (unpaired) electrons. The summed E-state index contributed by atoms with van der Waals surface area (Å²) in [6.45, 7) is 4.21. The average Bonchev–Trinajstić information content (AvgIpc) is 2.67. The molecule has 96 valence electrons. The van der Waals surface area contributed by atoms with E-state index in [1.54, 1.807) is 13.2 Å². The Labute approximate surface area is 104 Å². The molecule has 0 bridgehead atoms. The van der Waals surface area contributed by atoms with Crippen LogP contribution in [0.4, 0.5) is 5.69 Å². The molecule has 0 aliphatic heterocycles. The van der Waals surface area contributed by atoms with E-state index in [1.807, 2.05) is 13.8 Å². The van der Waals surface area contributed by atoms with Crippen molar-refractivity contribution < 1.29 is 0 Å². The standard InChI is InChI=1S/C10H15N7O/c1-7(2)12-8-4-10(18)17(11-5-8)6-9-13-15-16(3)14-9/h4-5,7,12H,6H2,1-3H3. The minimum atomic E-state index is -0.201. The van der Waals surface area contributed by atoms with E-state index in [0.29, 0.717) is 11.5 Å². The summed E-state index contributed by atoms with van der Waals surface area (Å²) in [5.74, 6) is 0.455. The molecule has 0 amide bonds. The topological polar surface area (TPSA) is 90.5 Å². The van der Waals surface area contributed by atoms with E-state index in [1.165, 1.54) is 15.5 Å². The highest BCUT2D eigenvalue weighted by Gasteiger charge is 2.05. The van der Waals surface area contributed by atoms with Crippen LogP contribution in [0.15, 0.2) is 17.1 Å². The van der Waals surface area contributed by atoms with Crippen molar-refractivity contribution in [3.63, 3.8) is 0 Å². The molecule has 0 aliphatic rings. The summed E-state index contributed by atoms with van der Waals surface area (Å²) in [6.07, 6.45) is 1.61. The molecule has 0 unspecified atom stereocenters. The molecule has 0 spiro atoms. The van der Waals surface area contributed by atoms with Gasteiger partial charge in [-0.1, -0.05) is 0 Å². The van der Waals surface area contributed by atoms with Gasteiger partial charge in [0.15, 0.2) is 5.82 Å². The Bertz CT molecular complexity index is 586. The van der Waals surface area contributed by atoms with Crippen LogP contribution in [0.3, 0.4) is 0 Å². The Morgan fingerprint density at radius 2 is 2.22 bits per heavy atom. The highest BCUT2D eigenvalue weighted by molar-refractivity contribution is 5.39. The molecule has 2 aromatic rings. The number of nitrogens with one attached hydrogen (secondary N) is 1. The third-order valence-corrected chi connectivity index (χ3v) is 2.17. The van der Waals surface area contributed by atoms with Gasteiger partial charge in [-0.05, 0) is 19.1 Å². The molecule has 2 heterocycles. The summed E-state index contributed by atoms with van der Waals surface area (Å²) in [5.41, 5.74) is 0.506. The van der Waals surface area contributed by atoms with Gasteiger partial charge >= 0.3 is 0 Å². The van der Waals surface area contributed by atoms with Crippen LogP contribution < -0.4 is 10.9 Å². The van der Waals surface area contributed by atoms with E-state index in [0.717, 1.165) is 0 Å². The zero-order valence-electron chi connectivity index (χ0n) is 10.5. The molecule has 0 saturated carbocycles. The summed E-state index contributed by atoms with van der Waals surface area (Å²) in [7, 11) is 1.67. The quantitative estimate of drug-likeness (QED) is 0.795. The number of aromatic nitrogens is 6. The molecule has 0 aliphatic carbocycles. The van der Waals surface area contributed by atoms with Crippen molar-refractivity contribution >= 4 is 5.69 Å². The first-order valence-corrected chi connectivity index (χ1v) is 5.61. The lowest BCUT2D eigenvalue weighted by atomic mass is 10.3. The van der Waals surface area contributed by atoms with Crippen molar-refractivity contribution in [1.82, 2.24) is 30.0 Å². The lowest BCUT2D eigenvalue weighted by Crippen LogP contribution is -2.24. The van der Waals surface area contributed by atoms with Gasteiger partial charge in [0.1, 0.15) is 6.54 Å². The molecule has 2 rings (SSSR count). The van der Waals surface area contributed by atoms with E-state index in [4.69, 9.17) is 0 Å². The number of aryl methyl sites for hydroxylation is 1. The average molecular weight is 249 g/mol. The van der Waals surface area contributed by atoms with Crippen LogP contribution in [0.1, 0.15) is 19.7 Å². The van der Waals surface area contributed by atoms with Crippen LogP contribution in [-0.4, -0.2) is 36.0 Å². The molecule has 0 saturated heterocycles. The van der Waals surface area contributed by atoms with Gasteiger partial charge in [-0.15, -0.1) is 10.2 Å². The maximum Gasteiger partial charge on any atom is 0.269 e. The van der Waals surface area contributed by atoms with Crippen molar-refractivity contribution in [3.8, 4) is 0 Å².